The maximum atomic E-state index is 13.2. The van der Waals surface area contributed by atoms with Crippen molar-refractivity contribution < 1.29 is 40.7 Å². The summed E-state index contributed by atoms with van der Waals surface area (Å²) >= 11 is 12.5. The van der Waals surface area contributed by atoms with Crippen LogP contribution in [0.15, 0.2) is 29.3 Å². The van der Waals surface area contributed by atoms with Crippen molar-refractivity contribution >= 4 is 50.4 Å². The fraction of sp³-hybridized carbons (Fsp3) is 0.462. The molecule has 1 aromatic carbocycles. The van der Waals surface area contributed by atoms with Gasteiger partial charge in [-0.1, -0.05) is 23.2 Å². The van der Waals surface area contributed by atoms with Gasteiger partial charge >= 0.3 is 6.18 Å². The lowest BCUT2D eigenvalue weighted by Crippen LogP contribution is -2.38. The second-order valence-corrected chi connectivity index (χ2v) is 12.6. The number of pyridine rings is 1. The monoisotopic (exact) mass is 620 g/mol. The van der Waals surface area contributed by atoms with Gasteiger partial charge in [0.05, 0.1) is 15.5 Å². The Bertz CT molecular complexity index is 1440. The second-order valence-electron chi connectivity index (χ2n) is 9.86. The topological polar surface area (TPSA) is 111 Å². The fourth-order valence-electron chi connectivity index (χ4n) is 4.88. The number of rotatable bonds is 7. The molecule has 2 fully saturated rings. The van der Waals surface area contributed by atoms with Crippen molar-refractivity contribution in [3.63, 3.8) is 0 Å². The summed E-state index contributed by atoms with van der Waals surface area (Å²) < 4.78 is 69.4. The number of carbonyl (C=O) groups excluding carboxylic acids is 3. The number of Topliss-reactive ketones (excluding diaryl/α,β-unsaturated/α-hetero) is 3. The number of benzene rings is 1. The highest BCUT2D eigenvalue weighted by Crippen LogP contribution is 2.35. The molecular weight excluding hydrogens is 596 g/mol. The SMILES string of the molecule is CS(=O)(=O)c1ccc(C(=O)C2C(=O)CCCC2=O)c(Cl)c1CN1CCC(Oc2ncc(C(F)(F)F)cc2Cl)CC1. The molecule has 0 radical (unpaired) electrons. The number of alkyl halides is 3. The molecule has 1 aliphatic carbocycles. The van der Waals surface area contributed by atoms with Gasteiger partial charge in [-0.05, 0) is 37.5 Å². The highest BCUT2D eigenvalue weighted by Gasteiger charge is 2.38. The van der Waals surface area contributed by atoms with Crippen LogP contribution in [0.1, 0.15) is 53.6 Å². The lowest BCUT2D eigenvalue weighted by atomic mass is 9.81. The number of hydrogen-bond acceptors (Lipinski definition) is 8. The molecule has 2 heterocycles. The molecule has 0 amide bonds. The first-order chi connectivity index (χ1) is 18.7. The second kappa shape index (κ2) is 11.8. The van der Waals surface area contributed by atoms with Crippen LogP contribution in [-0.4, -0.2) is 61.1 Å². The van der Waals surface area contributed by atoms with Gasteiger partial charge in [-0.3, -0.25) is 19.3 Å². The number of hydrogen-bond donors (Lipinski definition) is 0. The Hall–Kier alpha value is -2.54. The maximum absolute atomic E-state index is 13.2. The van der Waals surface area contributed by atoms with Gasteiger partial charge in [0.25, 0.3) is 0 Å². The number of likely N-dealkylation sites (tertiary alicyclic amines) is 1. The van der Waals surface area contributed by atoms with Crippen LogP contribution in [0.3, 0.4) is 0 Å². The molecule has 2 aliphatic rings. The van der Waals surface area contributed by atoms with E-state index in [0.29, 0.717) is 38.5 Å². The summed E-state index contributed by atoms with van der Waals surface area (Å²) in [4.78, 5) is 43.4. The Morgan fingerprint density at radius 3 is 2.30 bits per heavy atom. The largest absolute Gasteiger partial charge is 0.473 e. The van der Waals surface area contributed by atoms with E-state index in [1.54, 1.807) is 0 Å². The number of nitrogens with zero attached hydrogens (tertiary/aromatic N) is 2. The molecule has 1 aliphatic heterocycles. The summed E-state index contributed by atoms with van der Waals surface area (Å²) in [6, 6.07) is 3.24. The van der Waals surface area contributed by atoms with E-state index in [-0.39, 0.29) is 51.3 Å². The van der Waals surface area contributed by atoms with Crippen LogP contribution >= 0.6 is 23.2 Å². The first kappa shape index (κ1) is 30.4. The molecule has 0 bridgehead atoms. The fourth-order valence-corrected chi connectivity index (χ4v) is 6.39. The molecule has 4 rings (SSSR count). The molecule has 14 heteroatoms. The van der Waals surface area contributed by atoms with Crippen molar-refractivity contribution in [2.75, 3.05) is 19.3 Å². The van der Waals surface area contributed by atoms with E-state index >= 15 is 0 Å². The number of piperidine rings is 1. The highest BCUT2D eigenvalue weighted by atomic mass is 35.5. The number of carbonyl (C=O) groups is 3. The Balaban J connectivity index is 1.50. The molecule has 1 saturated carbocycles. The van der Waals surface area contributed by atoms with E-state index in [2.05, 4.69) is 4.98 Å². The lowest BCUT2D eigenvalue weighted by Gasteiger charge is -2.32. The molecule has 8 nitrogen and oxygen atoms in total. The van der Waals surface area contributed by atoms with Crippen molar-refractivity contribution in [2.24, 2.45) is 5.92 Å². The van der Waals surface area contributed by atoms with Gasteiger partial charge in [0.2, 0.25) is 5.88 Å². The normalized spacial score (nSPS) is 18.2. The average Bonchev–Trinajstić information content (AvgIpc) is 2.86. The van der Waals surface area contributed by atoms with Gasteiger partial charge in [-0.15, -0.1) is 0 Å². The summed E-state index contributed by atoms with van der Waals surface area (Å²) in [5, 5.41) is -0.392. The van der Waals surface area contributed by atoms with Crippen molar-refractivity contribution in [3.05, 3.63) is 51.1 Å². The zero-order valence-electron chi connectivity index (χ0n) is 21.3. The summed E-state index contributed by atoms with van der Waals surface area (Å²) in [5.41, 5.74) is -0.896. The smallest absolute Gasteiger partial charge is 0.417 e. The highest BCUT2D eigenvalue weighted by molar-refractivity contribution is 7.90. The zero-order valence-corrected chi connectivity index (χ0v) is 23.6. The molecule has 1 aromatic heterocycles. The Morgan fingerprint density at radius 2 is 1.75 bits per heavy atom. The molecule has 0 N–H and O–H groups in total. The minimum Gasteiger partial charge on any atom is -0.473 e. The predicted molar refractivity (Wildman–Crippen MR) is 139 cm³/mol. The minimum atomic E-state index is -4.59. The van der Waals surface area contributed by atoms with Crippen molar-refractivity contribution in [2.45, 2.75) is 55.8 Å². The van der Waals surface area contributed by atoms with E-state index in [9.17, 15) is 36.0 Å². The first-order valence-electron chi connectivity index (χ1n) is 12.4. The van der Waals surface area contributed by atoms with Crippen molar-refractivity contribution in [1.82, 2.24) is 9.88 Å². The summed E-state index contributed by atoms with van der Waals surface area (Å²) in [7, 11) is -3.75. The zero-order chi connectivity index (χ0) is 29.4. The Kier molecular flexibility index (Phi) is 8.94. The third-order valence-electron chi connectivity index (χ3n) is 6.95. The standard InChI is InChI=1S/C26H25Cl2F3N2O6S/c1-40(37,38)21-6-5-16(24(36)22-19(34)3-2-4-20(22)35)23(28)17(21)13-33-9-7-15(8-10-33)39-25-18(27)11-14(12-32-25)26(29,30)31/h5-6,11-12,15,22H,2-4,7-10,13H2,1H3. The molecule has 2 aromatic rings. The number of halogens is 5. The van der Waals surface area contributed by atoms with E-state index in [1.807, 2.05) is 4.90 Å². The van der Waals surface area contributed by atoms with E-state index in [1.165, 1.54) is 12.1 Å². The van der Waals surface area contributed by atoms with Crippen LogP contribution < -0.4 is 4.74 Å². The molecule has 0 spiro atoms. The van der Waals surface area contributed by atoms with Gasteiger partial charge in [-0.25, -0.2) is 13.4 Å². The molecule has 1 saturated heterocycles. The quantitative estimate of drug-likeness (QED) is 0.315. The van der Waals surface area contributed by atoms with Crippen LogP contribution in [0, 0.1) is 5.92 Å². The average molecular weight is 621 g/mol. The number of ketones is 3. The first-order valence-corrected chi connectivity index (χ1v) is 15.0. The molecular formula is C26H25Cl2F3N2O6S. The van der Waals surface area contributed by atoms with Crippen LogP contribution in [0.2, 0.25) is 10.0 Å². The van der Waals surface area contributed by atoms with E-state index in [0.717, 1.165) is 12.3 Å². The number of ether oxygens (including phenoxy) is 1. The van der Waals surface area contributed by atoms with Crippen molar-refractivity contribution in [3.8, 4) is 5.88 Å². The Labute approximate surface area is 238 Å². The van der Waals surface area contributed by atoms with Crippen LogP contribution in [0.25, 0.3) is 0 Å². The van der Waals surface area contributed by atoms with E-state index in [4.69, 9.17) is 27.9 Å². The summed E-state index contributed by atoms with van der Waals surface area (Å²) in [6.07, 6.45) is -1.88. The van der Waals surface area contributed by atoms with Gasteiger partial charge in [-0.2, -0.15) is 13.2 Å². The van der Waals surface area contributed by atoms with Crippen molar-refractivity contribution in [1.29, 1.82) is 0 Å². The minimum absolute atomic E-state index is 0.0565. The van der Waals surface area contributed by atoms with Crippen LogP contribution in [-0.2, 0) is 32.1 Å². The molecule has 0 unspecified atom stereocenters. The number of aromatic nitrogens is 1. The third-order valence-corrected chi connectivity index (χ3v) is 8.83. The Morgan fingerprint density at radius 1 is 1.12 bits per heavy atom. The summed E-state index contributed by atoms with van der Waals surface area (Å²) in [5.74, 6) is -3.25. The third kappa shape index (κ3) is 6.67. The lowest BCUT2D eigenvalue weighted by molar-refractivity contribution is -0.138. The number of sulfone groups is 1. The van der Waals surface area contributed by atoms with E-state index < -0.39 is 50.9 Å². The maximum Gasteiger partial charge on any atom is 0.417 e. The molecule has 40 heavy (non-hydrogen) atoms. The molecule has 216 valence electrons. The van der Waals surface area contributed by atoms with Gasteiger partial charge in [0.15, 0.2) is 27.2 Å². The summed E-state index contributed by atoms with van der Waals surface area (Å²) in [6.45, 7) is 0.862. The van der Waals surface area contributed by atoms with Crippen LogP contribution in [0.4, 0.5) is 13.2 Å². The molecule has 0 atom stereocenters. The van der Waals surface area contributed by atoms with Gasteiger partial charge in [0.1, 0.15) is 17.0 Å². The van der Waals surface area contributed by atoms with Gasteiger partial charge < -0.3 is 4.74 Å². The van der Waals surface area contributed by atoms with Crippen LogP contribution in [0.5, 0.6) is 5.88 Å². The predicted octanol–water partition coefficient (Wildman–Crippen LogP) is 4.98. The van der Waals surface area contributed by atoms with Gasteiger partial charge in [0, 0.05) is 56.1 Å².